The van der Waals surface area contributed by atoms with E-state index >= 15 is 0 Å². The second-order valence-corrected chi connectivity index (χ2v) is 5.84. The number of ketones is 1. The van der Waals surface area contributed by atoms with Gasteiger partial charge in [-0.3, -0.25) is 9.59 Å². The third-order valence-corrected chi connectivity index (χ3v) is 4.44. The highest BCUT2D eigenvalue weighted by atomic mass is 16.1. The number of rotatable bonds is 2. The second-order valence-electron chi connectivity index (χ2n) is 5.84. The van der Waals surface area contributed by atoms with E-state index in [0.717, 1.165) is 29.7 Å². The van der Waals surface area contributed by atoms with Crippen molar-refractivity contribution in [3.05, 3.63) is 64.7 Å². The van der Waals surface area contributed by atoms with Crippen molar-refractivity contribution in [3.8, 4) is 0 Å². The Bertz CT molecular complexity index is 739. The topological polar surface area (TPSA) is 46.2 Å². The lowest BCUT2D eigenvalue weighted by Crippen LogP contribution is -2.15. The molecular weight excluding hydrogens is 262 g/mol. The molecule has 3 heteroatoms. The predicted molar refractivity (Wildman–Crippen MR) is 80.4 cm³/mol. The number of hydrogen-bond donors (Lipinski definition) is 1. The maximum Gasteiger partial charge on any atom is 0.228 e. The Balaban J connectivity index is 1.60. The quantitative estimate of drug-likeness (QED) is 0.858. The third kappa shape index (κ3) is 2.05. The molecule has 0 bridgehead atoms. The van der Waals surface area contributed by atoms with Crippen LogP contribution in [-0.4, -0.2) is 11.7 Å². The van der Waals surface area contributed by atoms with E-state index in [1.165, 1.54) is 11.1 Å². The van der Waals surface area contributed by atoms with E-state index in [0.29, 0.717) is 6.42 Å². The van der Waals surface area contributed by atoms with Crippen molar-refractivity contribution in [1.29, 1.82) is 0 Å². The normalized spacial score (nSPS) is 16.5. The third-order valence-electron chi connectivity index (χ3n) is 4.44. The van der Waals surface area contributed by atoms with Gasteiger partial charge in [0.25, 0.3) is 0 Å². The van der Waals surface area contributed by atoms with E-state index in [1.807, 2.05) is 30.3 Å². The van der Waals surface area contributed by atoms with E-state index in [4.69, 9.17) is 0 Å². The minimum atomic E-state index is 0.00266. The first-order chi connectivity index (χ1) is 10.2. The van der Waals surface area contributed by atoms with E-state index in [-0.39, 0.29) is 17.6 Å². The minimum Gasteiger partial charge on any atom is -0.326 e. The first-order valence-electron chi connectivity index (χ1n) is 7.24. The SMILES string of the molecule is O=C1Cc2cc(C(=O)C3Cc4ccccc4C3)ccc2N1. The highest BCUT2D eigenvalue weighted by Crippen LogP contribution is 2.31. The molecule has 3 nitrogen and oxygen atoms in total. The van der Waals surface area contributed by atoms with Crippen molar-refractivity contribution in [2.24, 2.45) is 5.92 Å². The van der Waals surface area contributed by atoms with Gasteiger partial charge in [0.2, 0.25) is 5.91 Å². The van der Waals surface area contributed by atoms with Gasteiger partial charge in [0.15, 0.2) is 5.78 Å². The first kappa shape index (κ1) is 12.3. The molecule has 0 spiro atoms. The van der Waals surface area contributed by atoms with Crippen LogP contribution in [0.25, 0.3) is 0 Å². The number of carbonyl (C=O) groups excluding carboxylic acids is 2. The number of carbonyl (C=O) groups is 2. The minimum absolute atomic E-state index is 0.00266. The lowest BCUT2D eigenvalue weighted by Gasteiger charge is -2.09. The summed E-state index contributed by atoms with van der Waals surface area (Å²) in [4.78, 5) is 24.1. The number of anilines is 1. The molecule has 104 valence electrons. The average Bonchev–Trinajstić information content (AvgIpc) is 3.07. The number of benzene rings is 2. The average molecular weight is 277 g/mol. The van der Waals surface area contributed by atoms with Crippen LogP contribution < -0.4 is 5.32 Å². The Kier molecular flexibility index (Phi) is 2.67. The van der Waals surface area contributed by atoms with Gasteiger partial charge in [-0.25, -0.2) is 0 Å². The molecular formula is C18H15NO2. The van der Waals surface area contributed by atoms with E-state index < -0.39 is 0 Å². The zero-order valence-corrected chi connectivity index (χ0v) is 11.6. The van der Waals surface area contributed by atoms with Gasteiger partial charge < -0.3 is 5.32 Å². The summed E-state index contributed by atoms with van der Waals surface area (Å²) in [5, 5.41) is 2.80. The van der Waals surface area contributed by atoms with Crippen LogP contribution in [0.5, 0.6) is 0 Å². The first-order valence-corrected chi connectivity index (χ1v) is 7.24. The van der Waals surface area contributed by atoms with Crippen molar-refractivity contribution >= 4 is 17.4 Å². The van der Waals surface area contributed by atoms with Crippen LogP contribution in [0.2, 0.25) is 0 Å². The van der Waals surface area contributed by atoms with Gasteiger partial charge in [-0.05, 0) is 47.7 Å². The van der Waals surface area contributed by atoms with Crippen LogP contribution in [-0.2, 0) is 24.1 Å². The molecule has 1 heterocycles. The van der Waals surface area contributed by atoms with Gasteiger partial charge in [-0.2, -0.15) is 0 Å². The summed E-state index contributed by atoms with van der Waals surface area (Å²) >= 11 is 0. The van der Waals surface area contributed by atoms with Gasteiger partial charge in [0, 0.05) is 17.2 Å². The molecule has 0 radical (unpaired) electrons. The lowest BCUT2D eigenvalue weighted by atomic mass is 9.93. The molecule has 4 rings (SSSR count). The Labute approximate surface area is 123 Å². The molecule has 0 saturated heterocycles. The lowest BCUT2D eigenvalue weighted by molar-refractivity contribution is -0.115. The standard InChI is InChI=1S/C18H15NO2/c20-17-10-14-9-13(5-6-16(14)19-17)18(21)15-7-11-3-1-2-4-12(11)8-15/h1-6,9,15H,7-8,10H2,(H,19,20). The van der Waals surface area contributed by atoms with E-state index in [1.54, 1.807) is 0 Å². The summed E-state index contributed by atoms with van der Waals surface area (Å²) in [6.45, 7) is 0. The van der Waals surface area contributed by atoms with Crippen LogP contribution >= 0.6 is 0 Å². The Morgan fingerprint density at radius 1 is 1.00 bits per heavy atom. The molecule has 2 aromatic rings. The molecule has 0 unspecified atom stereocenters. The molecule has 0 fully saturated rings. The van der Waals surface area contributed by atoms with Crippen LogP contribution in [0, 0.1) is 5.92 Å². The zero-order valence-electron chi connectivity index (χ0n) is 11.6. The molecule has 2 aliphatic rings. The molecule has 1 N–H and O–H groups in total. The Morgan fingerprint density at radius 3 is 2.43 bits per heavy atom. The zero-order chi connectivity index (χ0) is 14.4. The molecule has 0 atom stereocenters. The summed E-state index contributed by atoms with van der Waals surface area (Å²) in [6, 6.07) is 13.8. The van der Waals surface area contributed by atoms with Gasteiger partial charge in [-0.1, -0.05) is 24.3 Å². The summed E-state index contributed by atoms with van der Waals surface area (Å²) in [7, 11) is 0. The fourth-order valence-electron chi connectivity index (χ4n) is 3.36. The van der Waals surface area contributed by atoms with Crippen molar-refractivity contribution in [2.75, 3.05) is 5.32 Å². The Hall–Kier alpha value is -2.42. The van der Waals surface area contributed by atoms with Gasteiger partial charge in [-0.15, -0.1) is 0 Å². The predicted octanol–water partition coefficient (Wildman–Crippen LogP) is 2.78. The Morgan fingerprint density at radius 2 is 1.71 bits per heavy atom. The maximum atomic E-state index is 12.7. The summed E-state index contributed by atoms with van der Waals surface area (Å²) in [5.74, 6) is 0.224. The molecule has 0 aromatic heterocycles. The fraction of sp³-hybridized carbons (Fsp3) is 0.222. The highest BCUT2D eigenvalue weighted by molar-refractivity contribution is 6.03. The molecule has 0 saturated carbocycles. The highest BCUT2D eigenvalue weighted by Gasteiger charge is 2.28. The monoisotopic (exact) mass is 277 g/mol. The van der Waals surface area contributed by atoms with Crippen LogP contribution in [0.3, 0.4) is 0 Å². The molecule has 1 aliphatic heterocycles. The smallest absolute Gasteiger partial charge is 0.228 e. The van der Waals surface area contributed by atoms with Crippen molar-refractivity contribution in [3.63, 3.8) is 0 Å². The molecule has 2 aromatic carbocycles. The van der Waals surface area contributed by atoms with E-state index in [9.17, 15) is 9.59 Å². The molecule has 1 amide bonds. The summed E-state index contributed by atoms with van der Waals surface area (Å²) in [6.07, 6.45) is 2.02. The van der Waals surface area contributed by atoms with E-state index in [2.05, 4.69) is 17.4 Å². The fourth-order valence-corrected chi connectivity index (χ4v) is 3.36. The van der Waals surface area contributed by atoms with Crippen molar-refractivity contribution < 1.29 is 9.59 Å². The van der Waals surface area contributed by atoms with Gasteiger partial charge in [0.05, 0.1) is 6.42 Å². The summed E-state index contributed by atoms with van der Waals surface area (Å²) < 4.78 is 0. The number of hydrogen-bond acceptors (Lipinski definition) is 2. The maximum absolute atomic E-state index is 12.7. The second kappa shape index (κ2) is 4.55. The largest absolute Gasteiger partial charge is 0.326 e. The number of amides is 1. The van der Waals surface area contributed by atoms with Crippen LogP contribution in [0.1, 0.15) is 27.0 Å². The number of fused-ring (bicyclic) bond motifs is 2. The van der Waals surface area contributed by atoms with Crippen molar-refractivity contribution in [1.82, 2.24) is 0 Å². The number of Topliss-reactive ketones (excluding diaryl/α,β-unsaturated/α-hetero) is 1. The van der Waals surface area contributed by atoms with Gasteiger partial charge >= 0.3 is 0 Å². The molecule has 1 aliphatic carbocycles. The number of nitrogens with one attached hydrogen (secondary N) is 1. The van der Waals surface area contributed by atoms with Gasteiger partial charge in [0.1, 0.15) is 0 Å². The van der Waals surface area contributed by atoms with Crippen LogP contribution in [0.4, 0.5) is 5.69 Å². The molecule has 21 heavy (non-hydrogen) atoms. The summed E-state index contributed by atoms with van der Waals surface area (Å²) in [5.41, 5.74) is 5.07. The van der Waals surface area contributed by atoms with Crippen LogP contribution in [0.15, 0.2) is 42.5 Å². The van der Waals surface area contributed by atoms with Crippen molar-refractivity contribution in [2.45, 2.75) is 19.3 Å².